The van der Waals surface area contributed by atoms with E-state index in [0.29, 0.717) is 22.4 Å². The molecule has 0 radical (unpaired) electrons. The third-order valence-corrected chi connectivity index (χ3v) is 5.02. The summed E-state index contributed by atoms with van der Waals surface area (Å²) in [7, 11) is 0. The van der Waals surface area contributed by atoms with Crippen molar-refractivity contribution in [2.45, 2.75) is 6.54 Å². The molecule has 0 fully saturated rings. The molecule has 0 unspecified atom stereocenters. The van der Waals surface area contributed by atoms with Crippen LogP contribution in [0.2, 0.25) is 0 Å². The van der Waals surface area contributed by atoms with Crippen molar-refractivity contribution in [3.05, 3.63) is 108 Å². The van der Waals surface area contributed by atoms with Crippen LogP contribution in [0.3, 0.4) is 0 Å². The van der Waals surface area contributed by atoms with E-state index in [1.54, 1.807) is 9.58 Å². The van der Waals surface area contributed by atoms with Gasteiger partial charge in [0, 0.05) is 11.4 Å². The molecule has 3 aromatic carbocycles. The number of nitrogens with zero attached hydrogens (tertiary/aromatic N) is 6. The van der Waals surface area contributed by atoms with Crippen LogP contribution >= 0.6 is 0 Å². The van der Waals surface area contributed by atoms with Gasteiger partial charge in [-0.1, -0.05) is 59.8 Å². The van der Waals surface area contributed by atoms with Crippen LogP contribution < -0.4 is 10.5 Å². The van der Waals surface area contributed by atoms with Crippen molar-refractivity contribution in [2.75, 3.05) is 4.90 Å². The first-order valence-corrected chi connectivity index (χ1v) is 10.0. The molecule has 2 aromatic heterocycles. The number of carbonyl (C=O) groups excluding carboxylic acids is 1. The van der Waals surface area contributed by atoms with Gasteiger partial charge < -0.3 is 0 Å². The van der Waals surface area contributed by atoms with Crippen molar-refractivity contribution >= 4 is 28.3 Å². The fourth-order valence-electron chi connectivity index (χ4n) is 3.52. The zero-order valence-electron chi connectivity index (χ0n) is 16.9. The molecule has 8 heteroatoms. The van der Waals surface area contributed by atoms with Crippen LogP contribution in [0, 0.1) is 0 Å². The first kappa shape index (κ1) is 19.4. The molecule has 0 atom stereocenters. The predicted molar refractivity (Wildman–Crippen MR) is 121 cm³/mol. The van der Waals surface area contributed by atoms with Crippen molar-refractivity contribution in [1.29, 1.82) is 0 Å². The highest BCUT2D eigenvalue weighted by molar-refractivity contribution is 6.00. The monoisotopic (exact) mass is 422 g/mol. The molecule has 0 saturated carbocycles. The normalized spacial score (nSPS) is 10.9. The summed E-state index contributed by atoms with van der Waals surface area (Å²) >= 11 is 0. The Balaban J connectivity index is 1.51. The molecule has 0 saturated heterocycles. The minimum absolute atomic E-state index is 0.262. The summed E-state index contributed by atoms with van der Waals surface area (Å²) in [6.45, 7) is -0.262. The lowest BCUT2D eigenvalue weighted by Crippen LogP contribution is -2.35. The van der Waals surface area contributed by atoms with Crippen molar-refractivity contribution in [3.63, 3.8) is 0 Å². The van der Waals surface area contributed by atoms with Crippen LogP contribution in [0.1, 0.15) is 0 Å². The fraction of sp³-hybridized carbons (Fsp3) is 0.0417. The van der Waals surface area contributed by atoms with Gasteiger partial charge in [-0.3, -0.25) is 14.5 Å². The quantitative estimate of drug-likeness (QED) is 0.434. The van der Waals surface area contributed by atoms with E-state index in [1.807, 2.05) is 91.0 Å². The largest absolute Gasteiger partial charge is 0.281 e. The van der Waals surface area contributed by atoms with Gasteiger partial charge in [-0.2, -0.15) is 5.10 Å². The average molecular weight is 422 g/mol. The lowest BCUT2D eigenvalue weighted by molar-refractivity contribution is -0.118. The summed E-state index contributed by atoms with van der Waals surface area (Å²) < 4.78 is 2.62. The van der Waals surface area contributed by atoms with E-state index in [1.165, 1.54) is 6.20 Å². The van der Waals surface area contributed by atoms with Crippen LogP contribution in [0.4, 0.5) is 11.4 Å². The van der Waals surface area contributed by atoms with Crippen molar-refractivity contribution < 1.29 is 4.79 Å². The molecular weight excluding hydrogens is 404 g/mol. The zero-order chi connectivity index (χ0) is 21.9. The summed E-state index contributed by atoms with van der Waals surface area (Å²) in [5.74, 6) is -0.311. The molecule has 32 heavy (non-hydrogen) atoms. The van der Waals surface area contributed by atoms with Crippen molar-refractivity contribution in [1.82, 2.24) is 24.8 Å². The van der Waals surface area contributed by atoms with Gasteiger partial charge in [0.1, 0.15) is 11.9 Å². The average Bonchev–Trinajstić information content (AvgIpc) is 3.28. The number of fused-ring (bicyclic) bond motifs is 1. The van der Waals surface area contributed by atoms with E-state index < -0.39 is 5.56 Å². The molecule has 1 amide bonds. The molecule has 2 heterocycles. The first-order chi connectivity index (χ1) is 15.7. The molecule has 0 aliphatic carbocycles. The molecule has 0 aliphatic heterocycles. The van der Waals surface area contributed by atoms with Crippen LogP contribution in [-0.2, 0) is 11.3 Å². The van der Waals surface area contributed by atoms with Crippen molar-refractivity contribution in [3.8, 4) is 5.69 Å². The van der Waals surface area contributed by atoms with Crippen LogP contribution in [-0.4, -0.2) is 30.7 Å². The Hall–Kier alpha value is -4.59. The second kappa shape index (κ2) is 8.27. The predicted octanol–water partition coefficient (Wildman–Crippen LogP) is 3.34. The Morgan fingerprint density at radius 1 is 0.812 bits per heavy atom. The maximum atomic E-state index is 13.3. The van der Waals surface area contributed by atoms with Crippen molar-refractivity contribution in [2.24, 2.45) is 0 Å². The van der Waals surface area contributed by atoms with E-state index in [9.17, 15) is 9.59 Å². The molecule has 8 nitrogen and oxygen atoms in total. The molecular formula is C24H18N6O2. The molecule has 5 aromatic rings. The zero-order valence-corrected chi connectivity index (χ0v) is 16.9. The minimum Gasteiger partial charge on any atom is -0.279 e. The Kier molecular flexibility index (Phi) is 5.01. The van der Waals surface area contributed by atoms with E-state index >= 15 is 0 Å². The SMILES string of the molecule is O=C(Cn1nnc2c(cnn2-c2ccccc2)c1=O)N(c1ccccc1)c1ccccc1. The fourth-order valence-corrected chi connectivity index (χ4v) is 3.52. The van der Waals surface area contributed by atoms with Gasteiger partial charge in [0.2, 0.25) is 0 Å². The van der Waals surface area contributed by atoms with Crippen LogP contribution in [0.5, 0.6) is 0 Å². The van der Waals surface area contributed by atoms with E-state index in [4.69, 9.17) is 0 Å². The number of aromatic nitrogens is 5. The maximum absolute atomic E-state index is 13.3. The summed E-state index contributed by atoms with van der Waals surface area (Å²) in [6, 6.07) is 27.9. The van der Waals surface area contributed by atoms with Gasteiger partial charge in [0.05, 0.1) is 11.9 Å². The number of para-hydroxylation sites is 3. The summed E-state index contributed by atoms with van der Waals surface area (Å²) in [6.07, 6.45) is 1.45. The van der Waals surface area contributed by atoms with Gasteiger partial charge >= 0.3 is 0 Å². The smallest absolute Gasteiger partial charge is 0.279 e. The number of hydrogen-bond acceptors (Lipinski definition) is 5. The number of rotatable bonds is 5. The Morgan fingerprint density at radius 2 is 1.38 bits per heavy atom. The Bertz CT molecular complexity index is 1390. The number of amides is 1. The number of anilines is 2. The van der Waals surface area contributed by atoms with Gasteiger partial charge in [0.25, 0.3) is 11.5 Å². The highest BCUT2D eigenvalue weighted by Gasteiger charge is 2.21. The molecule has 0 spiro atoms. The molecule has 0 N–H and O–H groups in total. The van der Waals surface area contributed by atoms with Gasteiger partial charge in [-0.25, -0.2) is 9.36 Å². The van der Waals surface area contributed by atoms with Gasteiger partial charge in [-0.05, 0) is 36.4 Å². The highest BCUT2D eigenvalue weighted by atomic mass is 16.2. The third-order valence-electron chi connectivity index (χ3n) is 5.02. The van der Waals surface area contributed by atoms with Crippen LogP contribution in [0.25, 0.3) is 16.7 Å². The van der Waals surface area contributed by atoms with E-state index in [2.05, 4.69) is 15.4 Å². The highest BCUT2D eigenvalue weighted by Crippen LogP contribution is 2.25. The first-order valence-electron chi connectivity index (χ1n) is 10.0. The number of carbonyl (C=O) groups is 1. The lowest BCUT2D eigenvalue weighted by atomic mass is 10.2. The Morgan fingerprint density at radius 3 is 1.97 bits per heavy atom. The maximum Gasteiger partial charge on any atom is 0.281 e. The summed E-state index contributed by atoms with van der Waals surface area (Å²) in [4.78, 5) is 27.9. The number of hydrogen-bond donors (Lipinski definition) is 0. The van der Waals surface area contributed by atoms with Crippen LogP contribution in [0.15, 0.2) is 102 Å². The topological polar surface area (TPSA) is 85.9 Å². The van der Waals surface area contributed by atoms with E-state index in [0.717, 1.165) is 10.4 Å². The molecule has 0 bridgehead atoms. The molecule has 0 aliphatic rings. The summed E-state index contributed by atoms with van der Waals surface area (Å²) in [5, 5.41) is 12.8. The minimum atomic E-state index is -0.424. The Labute approximate surface area is 183 Å². The number of benzene rings is 3. The van der Waals surface area contributed by atoms with E-state index in [-0.39, 0.29) is 12.5 Å². The van der Waals surface area contributed by atoms with Gasteiger partial charge in [0.15, 0.2) is 5.65 Å². The second-order valence-corrected chi connectivity index (χ2v) is 7.08. The standard InChI is InChI=1S/C24H18N6O2/c31-22(29(18-10-4-1-5-11-18)19-12-6-2-7-13-19)17-28-24(32)21-16-25-30(23(21)26-27-28)20-14-8-3-9-15-20/h1-16H,17H2. The summed E-state index contributed by atoms with van der Waals surface area (Å²) in [5.41, 5.74) is 2.08. The lowest BCUT2D eigenvalue weighted by Gasteiger charge is -2.23. The molecule has 156 valence electrons. The van der Waals surface area contributed by atoms with Gasteiger partial charge in [-0.15, -0.1) is 5.10 Å². The second-order valence-electron chi connectivity index (χ2n) is 7.08. The molecule has 5 rings (SSSR count). The third kappa shape index (κ3) is 3.54.